The van der Waals surface area contributed by atoms with Crippen molar-refractivity contribution in [3.63, 3.8) is 0 Å². The molecule has 0 atom stereocenters. The number of amides is 1. The number of halogens is 3. The molecular formula is C12H8BrCl2N3O. The fourth-order valence-corrected chi connectivity index (χ4v) is 1.97. The van der Waals surface area contributed by atoms with E-state index in [4.69, 9.17) is 23.2 Å². The van der Waals surface area contributed by atoms with Gasteiger partial charge in [-0.3, -0.25) is 4.79 Å². The predicted octanol–water partition coefficient (Wildman–Crippen LogP) is 4.11. The van der Waals surface area contributed by atoms with Crippen molar-refractivity contribution in [1.29, 1.82) is 0 Å². The van der Waals surface area contributed by atoms with Crippen molar-refractivity contribution in [2.75, 3.05) is 5.32 Å². The Kier molecular flexibility index (Phi) is 4.39. The summed E-state index contributed by atoms with van der Waals surface area (Å²) in [4.78, 5) is 20.1. The summed E-state index contributed by atoms with van der Waals surface area (Å²) in [5, 5.41) is 3.32. The molecule has 0 spiro atoms. The fourth-order valence-electron chi connectivity index (χ4n) is 1.33. The molecule has 7 heteroatoms. The first-order valence-electron chi connectivity index (χ1n) is 5.23. The molecule has 2 aromatic rings. The minimum atomic E-state index is -0.386. The number of nitrogens with one attached hydrogen (secondary N) is 1. The van der Waals surface area contributed by atoms with E-state index in [0.717, 1.165) is 4.47 Å². The number of pyridine rings is 2. The third kappa shape index (κ3) is 3.43. The van der Waals surface area contributed by atoms with E-state index < -0.39 is 0 Å². The Balaban J connectivity index is 2.24. The molecule has 4 nitrogen and oxygen atoms in total. The molecule has 0 saturated heterocycles. The van der Waals surface area contributed by atoms with Gasteiger partial charge in [-0.05, 0) is 41.1 Å². The van der Waals surface area contributed by atoms with Gasteiger partial charge in [0.1, 0.15) is 5.69 Å². The van der Waals surface area contributed by atoms with Crippen molar-refractivity contribution in [2.45, 2.75) is 6.92 Å². The molecule has 0 aliphatic rings. The van der Waals surface area contributed by atoms with Crippen LogP contribution < -0.4 is 5.32 Å². The number of hydrogen-bond acceptors (Lipinski definition) is 3. The Morgan fingerprint density at radius 3 is 2.68 bits per heavy atom. The summed E-state index contributed by atoms with van der Waals surface area (Å²) in [5.74, 6) is -0.123. The van der Waals surface area contributed by atoms with Crippen molar-refractivity contribution < 1.29 is 4.79 Å². The Morgan fingerprint density at radius 2 is 2.05 bits per heavy atom. The summed E-state index contributed by atoms with van der Waals surface area (Å²) < 4.78 is 0.794. The molecule has 0 bridgehead atoms. The molecule has 0 unspecified atom stereocenters. The number of carbonyl (C=O) groups is 1. The van der Waals surface area contributed by atoms with E-state index in [-0.39, 0.29) is 22.4 Å². The van der Waals surface area contributed by atoms with Crippen LogP contribution in [-0.4, -0.2) is 15.9 Å². The second-order valence-electron chi connectivity index (χ2n) is 3.70. The van der Waals surface area contributed by atoms with Crippen LogP contribution in [0.5, 0.6) is 0 Å². The van der Waals surface area contributed by atoms with E-state index in [2.05, 4.69) is 31.2 Å². The van der Waals surface area contributed by atoms with E-state index in [1.807, 2.05) is 0 Å². The molecule has 0 aromatic carbocycles. The fraction of sp³-hybridized carbons (Fsp3) is 0.0833. The molecular weight excluding hydrogens is 353 g/mol. The van der Waals surface area contributed by atoms with Crippen molar-refractivity contribution in [1.82, 2.24) is 9.97 Å². The van der Waals surface area contributed by atoms with Crippen LogP contribution in [0, 0.1) is 6.92 Å². The first-order valence-corrected chi connectivity index (χ1v) is 6.78. The summed E-state index contributed by atoms with van der Waals surface area (Å²) in [6, 6.07) is 4.86. The van der Waals surface area contributed by atoms with Gasteiger partial charge in [0.15, 0.2) is 5.82 Å². The van der Waals surface area contributed by atoms with Crippen LogP contribution in [0.3, 0.4) is 0 Å². The molecule has 1 N–H and O–H groups in total. The summed E-state index contributed by atoms with van der Waals surface area (Å²) in [7, 11) is 0. The topological polar surface area (TPSA) is 54.9 Å². The molecule has 2 rings (SSSR count). The lowest BCUT2D eigenvalue weighted by Gasteiger charge is -2.08. The maximum Gasteiger partial charge on any atom is 0.275 e. The largest absolute Gasteiger partial charge is 0.304 e. The summed E-state index contributed by atoms with van der Waals surface area (Å²) in [6.07, 6.45) is 1.54. The van der Waals surface area contributed by atoms with Gasteiger partial charge in [0.05, 0.1) is 15.7 Å². The van der Waals surface area contributed by atoms with Gasteiger partial charge in [-0.2, -0.15) is 0 Å². The predicted molar refractivity (Wildman–Crippen MR) is 78.9 cm³/mol. The average molecular weight is 361 g/mol. The number of aryl methyl sites for hydroxylation is 1. The summed E-state index contributed by atoms with van der Waals surface area (Å²) in [6.45, 7) is 1.73. The van der Waals surface area contributed by atoms with E-state index in [0.29, 0.717) is 10.7 Å². The summed E-state index contributed by atoms with van der Waals surface area (Å²) >= 11 is 15.1. The Morgan fingerprint density at radius 1 is 1.32 bits per heavy atom. The van der Waals surface area contributed by atoms with Gasteiger partial charge in [0.25, 0.3) is 5.91 Å². The van der Waals surface area contributed by atoms with Crippen LogP contribution in [0.1, 0.15) is 16.2 Å². The van der Waals surface area contributed by atoms with Gasteiger partial charge in [0.2, 0.25) is 0 Å². The maximum absolute atomic E-state index is 12.0. The first kappa shape index (κ1) is 14.2. The number of carbonyl (C=O) groups excluding carboxylic acids is 1. The standard InChI is InChI=1S/C12H8BrCl2N3O/c1-6-8(14)4-9(15)11(17-6)18-12(19)10-3-2-7(13)5-16-10/h2-5H,1H3,(H,17,18,19). The number of anilines is 1. The third-order valence-electron chi connectivity index (χ3n) is 2.30. The van der Waals surface area contributed by atoms with Gasteiger partial charge < -0.3 is 5.32 Å². The van der Waals surface area contributed by atoms with Gasteiger partial charge in [-0.15, -0.1) is 0 Å². The smallest absolute Gasteiger partial charge is 0.275 e. The van der Waals surface area contributed by atoms with E-state index in [1.54, 1.807) is 19.1 Å². The van der Waals surface area contributed by atoms with Crippen LogP contribution >= 0.6 is 39.1 Å². The highest BCUT2D eigenvalue weighted by Crippen LogP contribution is 2.25. The SMILES string of the molecule is Cc1nc(NC(=O)c2ccc(Br)cn2)c(Cl)cc1Cl. The highest BCUT2D eigenvalue weighted by Gasteiger charge is 2.12. The molecule has 0 saturated carbocycles. The molecule has 0 radical (unpaired) electrons. The third-order valence-corrected chi connectivity index (χ3v) is 3.44. The molecule has 2 heterocycles. The zero-order valence-electron chi connectivity index (χ0n) is 9.75. The maximum atomic E-state index is 12.0. The van der Waals surface area contributed by atoms with Gasteiger partial charge in [-0.25, -0.2) is 9.97 Å². The lowest BCUT2D eigenvalue weighted by Crippen LogP contribution is -2.15. The zero-order valence-corrected chi connectivity index (χ0v) is 12.8. The molecule has 0 fully saturated rings. The summed E-state index contributed by atoms with van der Waals surface area (Å²) in [5.41, 5.74) is 0.860. The van der Waals surface area contributed by atoms with Crippen LogP contribution in [-0.2, 0) is 0 Å². The quantitative estimate of drug-likeness (QED) is 0.876. The van der Waals surface area contributed by atoms with Crippen LogP contribution in [0.15, 0.2) is 28.9 Å². The average Bonchev–Trinajstić information content (AvgIpc) is 2.36. The Bertz CT molecular complexity index is 632. The molecule has 1 amide bonds. The minimum absolute atomic E-state index is 0.262. The lowest BCUT2D eigenvalue weighted by atomic mass is 10.3. The number of rotatable bonds is 2. The molecule has 2 aromatic heterocycles. The van der Waals surface area contributed by atoms with Crippen molar-refractivity contribution in [2.24, 2.45) is 0 Å². The first-order chi connectivity index (χ1) is 8.97. The Labute approximate surface area is 128 Å². The van der Waals surface area contributed by atoms with Crippen LogP contribution in [0.2, 0.25) is 10.0 Å². The van der Waals surface area contributed by atoms with Crippen molar-refractivity contribution >= 4 is 50.9 Å². The monoisotopic (exact) mass is 359 g/mol. The van der Waals surface area contributed by atoms with Gasteiger partial charge in [-0.1, -0.05) is 23.2 Å². The number of aromatic nitrogens is 2. The van der Waals surface area contributed by atoms with E-state index in [1.165, 1.54) is 12.3 Å². The van der Waals surface area contributed by atoms with E-state index >= 15 is 0 Å². The normalized spacial score (nSPS) is 10.3. The number of hydrogen-bond donors (Lipinski definition) is 1. The second-order valence-corrected chi connectivity index (χ2v) is 5.43. The lowest BCUT2D eigenvalue weighted by molar-refractivity contribution is 0.102. The number of nitrogens with zero attached hydrogens (tertiary/aromatic N) is 2. The van der Waals surface area contributed by atoms with E-state index in [9.17, 15) is 4.79 Å². The molecule has 0 aliphatic carbocycles. The zero-order chi connectivity index (χ0) is 14.0. The van der Waals surface area contributed by atoms with Gasteiger partial charge in [0, 0.05) is 10.7 Å². The molecule has 0 aliphatic heterocycles. The van der Waals surface area contributed by atoms with Crippen molar-refractivity contribution in [3.8, 4) is 0 Å². The highest BCUT2D eigenvalue weighted by molar-refractivity contribution is 9.10. The Hall–Kier alpha value is -1.17. The van der Waals surface area contributed by atoms with Gasteiger partial charge >= 0.3 is 0 Å². The molecule has 19 heavy (non-hydrogen) atoms. The highest BCUT2D eigenvalue weighted by atomic mass is 79.9. The van der Waals surface area contributed by atoms with Crippen LogP contribution in [0.4, 0.5) is 5.82 Å². The minimum Gasteiger partial charge on any atom is -0.304 e. The van der Waals surface area contributed by atoms with Crippen LogP contribution in [0.25, 0.3) is 0 Å². The molecule has 98 valence electrons. The second kappa shape index (κ2) is 5.86. The van der Waals surface area contributed by atoms with Crippen molar-refractivity contribution in [3.05, 3.63) is 50.3 Å².